The molecule has 2 fully saturated rings. The maximum absolute atomic E-state index is 12.4. The molecule has 1 N–H and O–H groups in total. The van der Waals surface area contributed by atoms with E-state index in [2.05, 4.69) is 6.92 Å². The highest BCUT2D eigenvalue weighted by Gasteiger charge is 2.33. The molecule has 0 unspecified atom stereocenters. The minimum absolute atomic E-state index is 0.103. The fraction of sp³-hybridized carbons (Fsp3) is 0.929. The third-order valence-corrected chi connectivity index (χ3v) is 4.50. The van der Waals surface area contributed by atoms with E-state index in [4.69, 9.17) is 5.11 Å². The third-order valence-electron chi connectivity index (χ3n) is 4.50. The summed E-state index contributed by atoms with van der Waals surface area (Å²) in [4.78, 5) is 14.4. The van der Waals surface area contributed by atoms with Crippen LogP contribution in [0.2, 0.25) is 0 Å². The van der Waals surface area contributed by atoms with Crippen LogP contribution >= 0.6 is 0 Å². The molecule has 0 radical (unpaired) electrons. The van der Waals surface area contributed by atoms with Crippen LogP contribution in [0.4, 0.5) is 0 Å². The third kappa shape index (κ3) is 3.01. The maximum Gasteiger partial charge on any atom is 0.226 e. The minimum atomic E-state index is 0.103. The summed E-state index contributed by atoms with van der Waals surface area (Å²) in [7, 11) is 0. The van der Waals surface area contributed by atoms with Crippen molar-refractivity contribution in [2.45, 2.75) is 57.9 Å². The number of aliphatic hydroxyl groups is 1. The van der Waals surface area contributed by atoms with Gasteiger partial charge in [-0.2, -0.15) is 0 Å². The van der Waals surface area contributed by atoms with Crippen LogP contribution in [0, 0.1) is 11.8 Å². The lowest BCUT2D eigenvalue weighted by atomic mass is 9.81. The van der Waals surface area contributed by atoms with Gasteiger partial charge >= 0.3 is 0 Å². The Kier molecular flexibility index (Phi) is 4.43. The van der Waals surface area contributed by atoms with E-state index in [-0.39, 0.29) is 12.5 Å². The average Bonchev–Trinajstić information content (AvgIpc) is 2.26. The zero-order chi connectivity index (χ0) is 12.3. The molecule has 2 rings (SSSR count). The highest BCUT2D eigenvalue weighted by Crippen LogP contribution is 2.32. The lowest BCUT2D eigenvalue weighted by molar-refractivity contribution is -0.141. The molecule has 0 aromatic carbocycles. The van der Waals surface area contributed by atoms with Crippen LogP contribution in [0.1, 0.15) is 51.9 Å². The first-order valence-electron chi connectivity index (χ1n) is 7.13. The van der Waals surface area contributed by atoms with E-state index in [9.17, 15) is 4.79 Å². The molecule has 2 saturated carbocycles. The second kappa shape index (κ2) is 5.85. The molecular formula is C14H25NO2. The van der Waals surface area contributed by atoms with E-state index < -0.39 is 0 Å². The number of hydrogen-bond donors (Lipinski definition) is 1. The van der Waals surface area contributed by atoms with Gasteiger partial charge in [-0.1, -0.05) is 6.92 Å². The van der Waals surface area contributed by atoms with Gasteiger partial charge in [-0.05, 0) is 50.9 Å². The average molecular weight is 239 g/mol. The fourth-order valence-corrected chi connectivity index (χ4v) is 3.02. The standard InChI is InChI=1S/C14H25NO2/c1-11-5-7-12(8-6-11)14(17)15(9-10-16)13-3-2-4-13/h11-13,16H,2-10H2,1H3. The number of carbonyl (C=O) groups is 1. The molecule has 0 aromatic heterocycles. The van der Waals surface area contributed by atoms with E-state index in [0.29, 0.717) is 18.5 Å². The molecule has 0 aromatic rings. The number of rotatable bonds is 4. The van der Waals surface area contributed by atoms with E-state index in [1.807, 2.05) is 4.90 Å². The lowest BCUT2D eigenvalue weighted by Gasteiger charge is -2.40. The van der Waals surface area contributed by atoms with Crippen LogP contribution in [-0.4, -0.2) is 35.1 Å². The van der Waals surface area contributed by atoms with E-state index in [0.717, 1.165) is 31.6 Å². The van der Waals surface area contributed by atoms with Gasteiger partial charge in [0.15, 0.2) is 0 Å². The number of aliphatic hydroxyl groups excluding tert-OH is 1. The van der Waals surface area contributed by atoms with Gasteiger partial charge in [0.25, 0.3) is 0 Å². The van der Waals surface area contributed by atoms with Crippen molar-refractivity contribution in [3.63, 3.8) is 0 Å². The first-order chi connectivity index (χ1) is 8.22. The molecule has 3 heteroatoms. The minimum Gasteiger partial charge on any atom is -0.395 e. The van der Waals surface area contributed by atoms with Crippen LogP contribution in [0.25, 0.3) is 0 Å². The normalized spacial score (nSPS) is 29.8. The fourth-order valence-electron chi connectivity index (χ4n) is 3.02. The van der Waals surface area contributed by atoms with Gasteiger partial charge in [-0.25, -0.2) is 0 Å². The molecule has 0 atom stereocenters. The van der Waals surface area contributed by atoms with Crippen molar-refractivity contribution in [1.29, 1.82) is 0 Å². The van der Waals surface area contributed by atoms with Gasteiger partial charge in [-0.3, -0.25) is 4.79 Å². The molecule has 0 saturated heterocycles. The predicted molar refractivity (Wildman–Crippen MR) is 67.6 cm³/mol. The van der Waals surface area contributed by atoms with Gasteiger partial charge in [-0.15, -0.1) is 0 Å². The van der Waals surface area contributed by atoms with Crippen molar-refractivity contribution < 1.29 is 9.90 Å². The molecular weight excluding hydrogens is 214 g/mol. The summed E-state index contributed by atoms with van der Waals surface area (Å²) in [5.41, 5.74) is 0. The van der Waals surface area contributed by atoms with Crippen LogP contribution < -0.4 is 0 Å². The summed E-state index contributed by atoms with van der Waals surface area (Å²) in [6.45, 7) is 2.92. The number of nitrogens with zero attached hydrogens (tertiary/aromatic N) is 1. The molecule has 1 amide bonds. The molecule has 0 aliphatic heterocycles. The second-order valence-corrected chi connectivity index (χ2v) is 5.80. The molecule has 2 aliphatic carbocycles. The quantitative estimate of drug-likeness (QED) is 0.817. The Bertz CT molecular complexity index is 255. The van der Waals surface area contributed by atoms with Gasteiger partial charge in [0.05, 0.1) is 6.61 Å². The number of carbonyl (C=O) groups excluding carboxylic acids is 1. The highest BCUT2D eigenvalue weighted by atomic mass is 16.3. The summed E-state index contributed by atoms with van der Waals surface area (Å²) < 4.78 is 0. The smallest absolute Gasteiger partial charge is 0.226 e. The molecule has 98 valence electrons. The van der Waals surface area contributed by atoms with Crippen molar-refractivity contribution in [1.82, 2.24) is 4.90 Å². The Morgan fingerprint density at radius 3 is 2.29 bits per heavy atom. The molecule has 0 bridgehead atoms. The zero-order valence-electron chi connectivity index (χ0n) is 10.9. The largest absolute Gasteiger partial charge is 0.395 e. The van der Waals surface area contributed by atoms with Crippen LogP contribution in [0.5, 0.6) is 0 Å². The maximum atomic E-state index is 12.4. The summed E-state index contributed by atoms with van der Waals surface area (Å²) >= 11 is 0. The van der Waals surface area contributed by atoms with Crippen LogP contribution in [0.15, 0.2) is 0 Å². The zero-order valence-corrected chi connectivity index (χ0v) is 10.9. The van der Waals surface area contributed by atoms with Crippen molar-refractivity contribution in [2.24, 2.45) is 11.8 Å². The Morgan fingerprint density at radius 1 is 1.18 bits per heavy atom. The predicted octanol–water partition coefficient (Wildman–Crippen LogP) is 2.19. The van der Waals surface area contributed by atoms with Gasteiger partial charge in [0.2, 0.25) is 5.91 Å². The van der Waals surface area contributed by atoms with Crippen LogP contribution in [-0.2, 0) is 4.79 Å². The Hall–Kier alpha value is -0.570. The van der Waals surface area contributed by atoms with Crippen molar-refractivity contribution >= 4 is 5.91 Å². The summed E-state index contributed by atoms with van der Waals surface area (Å²) in [6, 6.07) is 0.425. The number of hydrogen-bond acceptors (Lipinski definition) is 2. The van der Waals surface area contributed by atoms with E-state index >= 15 is 0 Å². The lowest BCUT2D eigenvalue weighted by Crippen LogP contribution is -2.48. The first kappa shape index (κ1) is 12.9. The van der Waals surface area contributed by atoms with Gasteiger partial charge < -0.3 is 10.0 Å². The van der Waals surface area contributed by atoms with E-state index in [1.54, 1.807) is 0 Å². The summed E-state index contributed by atoms with van der Waals surface area (Å²) in [5.74, 6) is 1.34. The molecule has 2 aliphatic rings. The summed E-state index contributed by atoms with van der Waals surface area (Å²) in [6.07, 6.45) is 7.98. The van der Waals surface area contributed by atoms with Gasteiger partial charge in [0.1, 0.15) is 0 Å². The second-order valence-electron chi connectivity index (χ2n) is 5.80. The van der Waals surface area contributed by atoms with Crippen LogP contribution in [0.3, 0.4) is 0 Å². The van der Waals surface area contributed by atoms with Crippen molar-refractivity contribution in [3.8, 4) is 0 Å². The first-order valence-corrected chi connectivity index (χ1v) is 7.13. The Morgan fingerprint density at radius 2 is 1.82 bits per heavy atom. The summed E-state index contributed by atoms with van der Waals surface area (Å²) in [5, 5.41) is 9.10. The molecule has 0 heterocycles. The molecule has 0 spiro atoms. The topological polar surface area (TPSA) is 40.5 Å². The Labute approximate surface area is 104 Å². The Balaban J connectivity index is 1.90. The van der Waals surface area contributed by atoms with Gasteiger partial charge in [0, 0.05) is 18.5 Å². The van der Waals surface area contributed by atoms with Crippen molar-refractivity contribution in [3.05, 3.63) is 0 Å². The van der Waals surface area contributed by atoms with E-state index in [1.165, 1.54) is 19.3 Å². The highest BCUT2D eigenvalue weighted by molar-refractivity contribution is 5.79. The SMILES string of the molecule is CC1CCC(C(=O)N(CCO)C2CCC2)CC1. The molecule has 17 heavy (non-hydrogen) atoms. The van der Waals surface area contributed by atoms with Crippen molar-refractivity contribution in [2.75, 3.05) is 13.2 Å². The number of amides is 1. The monoisotopic (exact) mass is 239 g/mol. The molecule has 3 nitrogen and oxygen atoms in total.